The molecule has 8 atom stereocenters. The van der Waals surface area contributed by atoms with Gasteiger partial charge in [-0.25, -0.2) is 4.79 Å². The first kappa shape index (κ1) is 24.6. The normalized spacial score (nSPS) is 46.3. The van der Waals surface area contributed by atoms with Crippen LogP contribution in [0.3, 0.4) is 0 Å². The Morgan fingerprint density at radius 3 is 2.58 bits per heavy atom. The second-order valence-corrected chi connectivity index (χ2v) is 12.9. The predicted octanol–water partition coefficient (Wildman–Crippen LogP) is 3.09. The van der Waals surface area contributed by atoms with Gasteiger partial charge >= 0.3 is 6.09 Å². The molecule has 2 bridgehead atoms. The second kappa shape index (κ2) is 7.65. The highest BCUT2D eigenvalue weighted by atomic mass is 16.7. The van der Waals surface area contributed by atoms with Crippen LogP contribution in [0.15, 0.2) is 23.3 Å². The molecule has 6 aliphatic rings. The maximum Gasteiger partial charge on any atom is 0.410 e. The number of allylic oxidation sites excluding steroid dienone is 1. The maximum absolute atomic E-state index is 14.7. The number of hydrogen-bond acceptors (Lipinski definition) is 7. The summed E-state index contributed by atoms with van der Waals surface area (Å²) in [5.74, 6) is -0.838. The molecule has 1 spiro atoms. The third kappa shape index (κ3) is 3.07. The molecule has 0 aromatic carbocycles. The second-order valence-electron chi connectivity index (χ2n) is 12.9. The fraction of sp³-hybridized carbons (Fsp3) is 0.786. The fourth-order valence-corrected chi connectivity index (χ4v) is 8.22. The molecule has 8 heteroatoms. The number of rotatable bonds is 1. The quantitative estimate of drug-likeness (QED) is 0.552. The number of nitrogens with zero attached hydrogens (tertiary/aromatic N) is 1. The average molecular weight is 502 g/mol. The number of carbonyl (C=O) groups excluding carboxylic acids is 2. The minimum absolute atomic E-state index is 0.0168. The minimum atomic E-state index is -1.78. The number of ether oxygens (including phenoxy) is 4. The molecule has 8 nitrogen and oxygen atoms in total. The molecule has 6 rings (SSSR count). The van der Waals surface area contributed by atoms with Crippen LogP contribution in [-0.4, -0.2) is 78.4 Å². The molecule has 2 heterocycles. The van der Waals surface area contributed by atoms with Gasteiger partial charge < -0.3 is 29.0 Å². The standard InChI is InChI=1S/C28H39NO7/c1-15-13-27-16(2)11-19-20(25(19,3)4)18(21(27)30)12-17-14-34-26(5,6)36-23(17)28(27,32)22(15)35-24(31)29-7-9-33-10-8-29/h12-13,16,18-20,22-23,32H,7-11,14H2,1-6H3/t16?,18-,19+,20-,22-,23+,27?,28+/m0/s1. The van der Waals surface area contributed by atoms with Crippen molar-refractivity contribution < 1.29 is 33.6 Å². The van der Waals surface area contributed by atoms with Gasteiger partial charge in [-0.1, -0.05) is 32.9 Å². The highest BCUT2D eigenvalue weighted by molar-refractivity contribution is 5.95. The van der Waals surface area contributed by atoms with Gasteiger partial charge in [-0.2, -0.15) is 0 Å². The number of Topliss-reactive ketones (excluding diaryl/α,β-unsaturated/α-hetero) is 1. The summed E-state index contributed by atoms with van der Waals surface area (Å²) in [7, 11) is 0. The lowest BCUT2D eigenvalue weighted by Gasteiger charge is -2.52. The van der Waals surface area contributed by atoms with Gasteiger partial charge in [-0.15, -0.1) is 0 Å². The number of morpholine rings is 1. The maximum atomic E-state index is 14.7. The Bertz CT molecular complexity index is 1060. The minimum Gasteiger partial charge on any atom is -0.438 e. The van der Waals surface area contributed by atoms with Gasteiger partial charge in [0.15, 0.2) is 23.3 Å². The molecule has 198 valence electrons. The van der Waals surface area contributed by atoms with E-state index in [2.05, 4.69) is 20.8 Å². The Morgan fingerprint density at radius 1 is 1.19 bits per heavy atom. The van der Waals surface area contributed by atoms with Crippen LogP contribution in [0.5, 0.6) is 0 Å². The van der Waals surface area contributed by atoms with E-state index < -0.39 is 35.1 Å². The van der Waals surface area contributed by atoms with E-state index in [1.54, 1.807) is 4.90 Å². The molecule has 2 aliphatic heterocycles. The van der Waals surface area contributed by atoms with Crippen molar-refractivity contribution >= 4 is 11.9 Å². The van der Waals surface area contributed by atoms with Crippen LogP contribution in [0, 0.1) is 34.5 Å². The lowest BCUT2D eigenvalue weighted by molar-refractivity contribution is -0.303. The average Bonchev–Trinajstić information content (AvgIpc) is 3.32. The van der Waals surface area contributed by atoms with Gasteiger partial charge in [0, 0.05) is 19.0 Å². The van der Waals surface area contributed by atoms with Crippen LogP contribution in [0.4, 0.5) is 4.79 Å². The molecule has 1 amide bonds. The first-order chi connectivity index (χ1) is 16.8. The summed E-state index contributed by atoms with van der Waals surface area (Å²) in [6, 6.07) is 0. The zero-order valence-electron chi connectivity index (χ0n) is 22.2. The van der Waals surface area contributed by atoms with Crippen molar-refractivity contribution in [1.29, 1.82) is 0 Å². The molecule has 2 unspecified atom stereocenters. The molecule has 4 fully saturated rings. The number of ketones is 1. The fourth-order valence-electron chi connectivity index (χ4n) is 8.22. The zero-order valence-corrected chi connectivity index (χ0v) is 22.2. The molecule has 2 saturated heterocycles. The van der Waals surface area contributed by atoms with E-state index in [1.807, 2.05) is 32.9 Å². The van der Waals surface area contributed by atoms with E-state index in [1.165, 1.54) is 0 Å². The molecular weight excluding hydrogens is 462 g/mol. The zero-order chi connectivity index (χ0) is 25.8. The van der Waals surface area contributed by atoms with Crippen LogP contribution in [0.1, 0.15) is 48.0 Å². The van der Waals surface area contributed by atoms with Crippen LogP contribution in [0.25, 0.3) is 0 Å². The highest BCUT2D eigenvalue weighted by Crippen LogP contribution is 2.72. The van der Waals surface area contributed by atoms with Gasteiger partial charge in [0.1, 0.15) is 6.10 Å². The number of aliphatic hydroxyl groups is 1. The third-order valence-electron chi connectivity index (χ3n) is 10.2. The monoisotopic (exact) mass is 501 g/mol. The summed E-state index contributed by atoms with van der Waals surface area (Å²) in [6.07, 6.45) is 2.41. The first-order valence-electron chi connectivity index (χ1n) is 13.4. The number of hydrogen-bond donors (Lipinski definition) is 1. The molecule has 36 heavy (non-hydrogen) atoms. The van der Waals surface area contributed by atoms with E-state index in [0.29, 0.717) is 37.8 Å². The molecular formula is C28H39NO7. The molecule has 2 saturated carbocycles. The summed E-state index contributed by atoms with van der Waals surface area (Å²) in [4.78, 5) is 29.5. The van der Waals surface area contributed by atoms with E-state index in [9.17, 15) is 14.7 Å². The molecule has 4 aliphatic carbocycles. The van der Waals surface area contributed by atoms with Crippen molar-refractivity contribution in [3.05, 3.63) is 23.3 Å². The Hall–Kier alpha value is -1.74. The number of fused-ring (bicyclic) bond motifs is 5. The highest BCUT2D eigenvalue weighted by Gasteiger charge is 2.77. The molecule has 0 aromatic rings. The Kier molecular flexibility index (Phi) is 5.23. The van der Waals surface area contributed by atoms with Crippen molar-refractivity contribution in [2.75, 3.05) is 32.9 Å². The van der Waals surface area contributed by atoms with Gasteiger partial charge in [-0.3, -0.25) is 4.79 Å². The van der Waals surface area contributed by atoms with E-state index >= 15 is 0 Å². The smallest absolute Gasteiger partial charge is 0.410 e. The SMILES string of the molecule is CC1=CC23C(=O)[C@@H](C=C4COC(C)(C)O[C@H]4[C@]2(O)[C@H]1OC(=O)N1CCOCC1)[C@H]1[C@@H](CC3C)C1(C)C. The lowest BCUT2D eigenvalue weighted by atomic mass is 9.59. The summed E-state index contributed by atoms with van der Waals surface area (Å²) in [6.45, 7) is 14.1. The molecule has 0 aromatic heterocycles. The van der Waals surface area contributed by atoms with Crippen molar-refractivity contribution in [1.82, 2.24) is 4.90 Å². The molecule has 1 N–H and O–H groups in total. The number of amides is 1. The van der Waals surface area contributed by atoms with Crippen LogP contribution < -0.4 is 0 Å². The summed E-state index contributed by atoms with van der Waals surface area (Å²) >= 11 is 0. The molecule has 0 radical (unpaired) electrons. The summed E-state index contributed by atoms with van der Waals surface area (Å²) in [5.41, 5.74) is -1.49. The van der Waals surface area contributed by atoms with Gasteiger partial charge in [0.2, 0.25) is 0 Å². The third-order valence-corrected chi connectivity index (χ3v) is 10.2. The van der Waals surface area contributed by atoms with Crippen molar-refractivity contribution in [2.45, 2.75) is 71.6 Å². The lowest BCUT2D eigenvalue weighted by Crippen LogP contribution is -2.68. The number of carbonyl (C=O) groups is 2. The predicted molar refractivity (Wildman–Crippen MR) is 130 cm³/mol. The topological polar surface area (TPSA) is 94.5 Å². The van der Waals surface area contributed by atoms with E-state index in [4.69, 9.17) is 18.9 Å². The first-order valence-corrected chi connectivity index (χ1v) is 13.4. The Balaban J connectivity index is 1.49. The van der Waals surface area contributed by atoms with Crippen molar-refractivity contribution in [3.8, 4) is 0 Å². The van der Waals surface area contributed by atoms with Crippen LogP contribution >= 0.6 is 0 Å². The van der Waals surface area contributed by atoms with Gasteiger partial charge in [0.05, 0.1) is 25.2 Å². The van der Waals surface area contributed by atoms with Gasteiger partial charge in [0.25, 0.3) is 0 Å². The van der Waals surface area contributed by atoms with E-state index in [0.717, 1.165) is 12.0 Å². The Morgan fingerprint density at radius 2 is 1.89 bits per heavy atom. The largest absolute Gasteiger partial charge is 0.438 e. The summed E-state index contributed by atoms with van der Waals surface area (Å²) < 4.78 is 24.0. The Labute approximate surface area is 213 Å². The van der Waals surface area contributed by atoms with Crippen molar-refractivity contribution in [2.24, 2.45) is 34.5 Å². The van der Waals surface area contributed by atoms with Gasteiger partial charge in [-0.05, 0) is 61.5 Å². The van der Waals surface area contributed by atoms with Crippen LogP contribution in [0.2, 0.25) is 0 Å². The van der Waals surface area contributed by atoms with Crippen molar-refractivity contribution in [3.63, 3.8) is 0 Å². The summed E-state index contributed by atoms with van der Waals surface area (Å²) in [5, 5.41) is 13.0. The van der Waals surface area contributed by atoms with E-state index in [-0.39, 0.29) is 35.6 Å². The van der Waals surface area contributed by atoms with Crippen LogP contribution in [-0.2, 0) is 23.7 Å².